The lowest BCUT2D eigenvalue weighted by Gasteiger charge is -2.33. The average molecular weight is 288 g/mol. The monoisotopic (exact) mass is 288 g/mol. The van der Waals surface area contributed by atoms with Crippen molar-refractivity contribution in [3.8, 4) is 5.75 Å². The highest BCUT2D eigenvalue weighted by molar-refractivity contribution is 5.87. The summed E-state index contributed by atoms with van der Waals surface area (Å²) in [4.78, 5) is 0. The molecule has 1 atom stereocenters. The molecule has 0 radical (unpaired) electrons. The standard InChI is InChI=1S/C18H28N2O/c1-7-12(3)19-14-9-15-13(8-2)11-18(4,5)20-17(15)16(10-14)21-6/h9-12,19-20H,7-8H2,1-6H3. The van der Waals surface area contributed by atoms with Crippen LogP contribution in [0.25, 0.3) is 5.57 Å². The summed E-state index contributed by atoms with van der Waals surface area (Å²) in [5.74, 6) is 0.908. The van der Waals surface area contributed by atoms with Crippen LogP contribution in [0.2, 0.25) is 0 Å². The second-order valence-corrected chi connectivity index (χ2v) is 6.42. The molecule has 2 N–H and O–H groups in total. The van der Waals surface area contributed by atoms with Gasteiger partial charge in [0.1, 0.15) is 5.75 Å². The number of fused-ring (bicyclic) bond motifs is 1. The first-order valence-corrected chi connectivity index (χ1v) is 7.89. The van der Waals surface area contributed by atoms with Crippen molar-refractivity contribution >= 4 is 16.9 Å². The van der Waals surface area contributed by atoms with Crippen molar-refractivity contribution in [3.05, 3.63) is 23.8 Å². The predicted molar refractivity (Wildman–Crippen MR) is 92.3 cm³/mol. The molecule has 1 aromatic carbocycles. The average Bonchev–Trinajstić information content (AvgIpc) is 2.45. The van der Waals surface area contributed by atoms with Crippen LogP contribution < -0.4 is 15.4 Å². The molecule has 0 bridgehead atoms. The van der Waals surface area contributed by atoms with E-state index in [4.69, 9.17) is 4.74 Å². The van der Waals surface area contributed by atoms with Gasteiger partial charge in [-0.05, 0) is 45.3 Å². The van der Waals surface area contributed by atoms with Gasteiger partial charge in [0, 0.05) is 23.4 Å². The Hall–Kier alpha value is -1.64. The van der Waals surface area contributed by atoms with E-state index >= 15 is 0 Å². The van der Waals surface area contributed by atoms with Crippen LogP contribution in [-0.2, 0) is 0 Å². The lowest BCUT2D eigenvalue weighted by molar-refractivity contribution is 0.415. The number of hydrogen-bond acceptors (Lipinski definition) is 3. The number of allylic oxidation sites excluding steroid dienone is 1. The maximum absolute atomic E-state index is 5.62. The Bertz CT molecular complexity index is 546. The molecule has 1 aliphatic rings. The van der Waals surface area contributed by atoms with Gasteiger partial charge in [0.25, 0.3) is 0 Å². The third-order valence-electron chi connectivity index (χ3n) is 4.06. The lowest BCUT2D eigenvalue weighted by Crippen LogP contribution is -2.32. The molecule has 3 nitrogen and oxygen atoms in total. The second kappa shape index (κ2) is 6.00. The molecule has 0 aromatic heterocycles. The van der Waals surface area contributed by atoms with Gasteiger partial charge in [0.2, 0.25) is 0 Å². The number of benzene rings is 1. The third-order valence-corrected chi connectivity index (χ3v) is 4.06. The molecule has 1 heterocycles. The van der Waals surface area contributed by atoms with Crippen LogP contribution >= 0.6 is 0 Å². The summed E-state index contributed by atoms with van der Waals surface area (Å²) in [6.07, 6.45) is 4.44. The van der Waals surface area contributed by atoms with Crippen molar-refractivity contribution in [1.29, 1.82) is 0 Å². The van der Waals surface area contributed by atoms with E-state index in [1.165, 1.54) is 11.1 Å². The molecule has 1 aliphatic heterocycles. The summed E-state index contributed by atoms with van der Waals surface area (Å²) in [5, 5.41) is 7.13. The molecule has 0 amide bonds. The van der Waals surface area contributed by atoms with Gasteiger partial charge in [-0.25, -0.2) is 0 Å². The Labute approximate surface area is 128 Å². The lowest BCUT2D eigenvalue weighted by atomic mass is 9.88. The molecule has 0 saturated carbocycles. The van der Waals surface area contributed by atoms with Crippen molar-refractivity contribution in [2.45, 2.75) is 59.0 Å². The summed E-state index contributed by atoms with van der Waals surface area (Å²) in [7, 11) is 1.74. The zero-order valence-electron chi connectivity index (χ0n) is 14.1. The fraction of sp³-hybridized carbons (Fsp3) is 0.556. The molecule has 3 heteroatoms. The van der Waals surface area contributed by atoms with E-state index in [-0.39, 0.29) is 5.54 Å². The van der Waals surface area contributed by atoms with Gasteiger partial charge >= 0.3 is 0 Å². The highest BCUT2D eigenvalue weighted by Gasteiger charge is 2.26. The molecule has 1 unspecified atom stereocenters. The summed E-state index contributed by atoms with van der Waals surface area (Å²) in [5.41, 5.74) is 4.82. The third kappa shape index (κ3) is 3.34. The largest absolute Gasteiger partial charge is 0.494 e. The zero-order valence-corrected chi connectivity index (χ0v) is 14.1. The summed E-state index contributed by atoms with van der Waals surface area (Å²) < 4.78 is 5.62. The van der Waals surface area contributed by atoms with Crippen LogP contribution in [0, 0.1) is 0 Å². The maximum atomic E-state index is 5.62. The first-order valence-electron chi connectivity index (χ1n) is 7.89. The topological polar surface area (TPSA) is 33.3 Å². The minimum atomic E-state index is -0.0444. The first kappa shape index (κ1) is 15.7. The minimum absolute atomic E-state index is 0.0444. The Morgan fingerprint density at radius 1 is 1.29 bits per heavy atom. The zero-order chi connectivity index (χ0) is 15.6. The normalized spacial score (nSPS) is 17.3. The predicted octanol–water partition coefficient (Wildman–Crippen LogP) is 4.90. The highest BCUT2D eigenvalue weighted by atomic mass is 16.5. The van der Waals surface area contributed by atoms with Crippen molar-refractivity contribution in [2.24, 2.45) is 0 Å². The molecular formula is C18H28N2O. The van der Waals surface area contributed by atoms with Gasteiger partial charge in [0.05, 0.1) is 18.3 Å². The molecular weight excluding hydrogens is 260 g/mol. The fourth-order valence-electron chi connectivity index (χ4n) is 2.79. The Balaban J connectivity index is 2.50. The van der Waals surface area contributed by atoms with Crippen molar-refractivity contribution in [2.75, 3.05) is 17.7 Å². The van der Waals surface area contributed by atoms with Gasteiger partial charge < -0.3 is 15.4 Å². The summed E-state index contributed by atoms with van der Waals surface area (Å²) >= 11 is 0. The number of ether oxygens (including phenoxy) is 1. The molecule has 116 valence electrons. The van der Waals surface area contributed by atoms with Gasteiger partial charge in [-0.1, -0.05) is 19.9 Å². The number of rotatable bonds is 5. The second-order valence-electron chi connectivity index (χ2n) is 6.42. The molecule has 21 heavy (non-hydrogen) atoms. The van der Waals surface area contributed by atoms with Crippen molar-refractivity contribution < 1.29 is 4.74 Å². The van der Waals surface area contributed by atoms with Crippen LogP contribution in [0.15, 0.2) is 18.2 Å². The Kier molecular flexibility index (Phi) is 4.50. The van der Waals surface area contributed by atoms with E-state index in [9.17, 15) is 0 Å². The SMILES string of the molecule is CCC1=CC(C)(C)Nc2c(OC)cc(NC(C)CC)cc21. The van der Waals surface area contributed by atoms with Crippen LogP contribution in [0.5, 0.6) is 5.75 Å². The van der Waals surface area contributed by atoms with Gasteiger partial charge in [0.15, 0.2) is 0 Å². The van der Waals surface area contributed by atoms with Crippen molar-refractivity contribution in [3.63, 3.8) is 0 Å². The van der Waals surface area contributed by atoms with E-state index in [2.05, 4.69) is 63.5 Å². The number of anilines is 2. The Morgan fingerprint density at radius 3 is 2.57 bits per heavy atom. The molecule has 0 spiro atoms. The van der Waals surface area contributed by atoms with E-state index in [0.29, 0.717) is 6.04 Å². The van der Waals surface area contributed by atoms with E-state index < -0.39 is 0 Å². The van der Waals surface area contributed by atoms with Crippen LogP contribution in [0.3, 0.4) is 0 Å². The molecule has 2 rings (SSSR count). The highest BCUT2D eigenvalue weighted by Crippen LogP contribution is 2.43. The molecule has 0 saturated heterocycles. The number of nitrogens with one attached hydrogen (secondary N) is 2. The smallest absolute Gasteiger partial charge is 0.144 e. The van der Waals surface area contributed by atoms with Crippen LogP contribution in [0.1, 0.15) is 53.0 Å². The van der Waals surface area contributed by atoms with Crippen LogP contribution in [0.4, 0.5) is 11.4 Å². The van der Waals surface area contributed by atoms with Gasteiger partial charge in [-0.2, -0.15) is 0 Å². The molecule has 0 aliphatic carbocycles. The van der Waals surface area contributed by atoms with E-state index in [1.807, 2.05) is 0 Å². The Morgan fingerprint density at radius 2 is 2.00 bits per heavy atom. The molecule has 0 fully saturated rings. The first-order chi connectivity index (χ1) is 9.90. The summed E-state index contributed by atoms with van der Waals surface area (Å²) in [6, 6.07) is 4.78. The van der Waals surface area contributed by atoms with Gasteiger partial charge in [-0.15, -0.1) is 0 Å². The number of methoxy groups -OCH3 is 1. The van der Waals surface area contributed by atoms with E-state index in [1.54, 1.807) is 7.11 Å². The minimum Gasteiger partial charge on any atom is -0.494 e. The van der Waals surface area contributed by atoms with Gasteiger partial charge in [-0.3, -0.25) is 0 Å². The quantitative estimate of drug-likeness (QED) is 0.808. The van der Waals surface area contributed by atoms with Crippen LogP contribution in [-0.4, -0.2) is 18.7 Å². The van der Waals surface area contributed by atoms with Crippen molar-refractivity contribution in [1.82, 2.24) is 0 Å². The summed E-state index contributed by atoms with van der Waals surface area (Å²) in [6.45, 7) is 11.0. The fourth-order valence-corrected chi connectivity index (χ4v) is 2.79. The molecule has 1 aromatic rings. The number of hydrogen-bond donors (Lipinski definition) is 2. The maximum Gasteiger partial charge on any atom is 0.144 e. The van der Waals surface area contributed by atoms with E-state index in [0.717, 1.165) is 30.0 Å².